The van der Waals surface area contributed by atoms with Crippen LogP contribution in [0.5, 0.6) is 0 Å². The van der Waals surface area contributed by atoms with Crippen LogP contribution in [0, 0.1) is 0 Å². The lowest BCUT2D eigenvalue weighted by molar-refractivity contribution is -0.305. The Labute approximate surface area is 480 Å². The highest BCUT2D eigenvalue weighted by Gasteiger charge is 2.47. The fourth-order valence-electron chi connectivity index (χ4n) is 10.8. The number of carbonyl (C=O) groups is 2. The van der Waals surface area contributed by atoms with Gasteiger partial charge in [-0.25, -0.2) is 0 Å². The maximum Gasteiger partial charge on any atom is 0.306 e. The molecule has 1 aliphatic heterocycles. The normalized spacial score (nSPS) is 19.0. The van der Waals surface area contributed by atoms with Crippen LogP contribution in [0.25, 0.3) is 0 Å². The van der Waals surface area contributed by atoms with Crippen LogP contribution in [-0.4, -0.2) is 99.6 Å². The number of ether oxygens (including phenoxy) is 3. The van der Waals surface area contributed by atoms with Gasteiger partial charge in [0, 0.05) is 6.42 Å². The zero-order valence-electron chi connectivity index (χ0n) is 51.1. The summed E-state index contributed by atoms with van der Waals surface area (Å²) in [6, 6.07) is -1.02. The average molecular weight is 1110 g/mol. The molecule has 0 aromatic heterocycles. The standard InChI is InChI=1S/C67H127NO10/c1-4-7-10-13-16-19-22-25-27-28-29-30-31-32-33-35-36-39-42-45-48-51-54-60(71)66(75)68-58(59(70)53-50-47-44-41-38-24-21-18-15-12-9-6-3)57-76-67-65(64(74)63(73)61(56-69)77-67)78-62(72)55-52-49-46-43-40-37-34-26-23-20-17-14-11-8-5-2/h20,23,50,53,58-61,63-65,67,69-71,73-74H,4-19,21-22,24-49,51-52,54-57H2,1-3H3,(H,68,75)/b23-20-,53-50+. The first-order chi connectivity index (χ1) is 38.2. The molecule has 1 saturated heterocycles. The number of amides is 1. The predicted molar refractivity (Wildman–Crippen MR) is 324 cm³/mol. The van der Waals surface area contributed by atoms with Gasteiger partial charge in [-0.1, -0.05) is 295 Å². The number of unbranched alkanes of at least 4 members (excludes halogenated alkanes) is 42. The van der Waals surface area contributed by atoms with Gasteiger partial charge in [0.05, 0.1) is 25.4 Å². The summed E-state index contributed by atoms with van der Waals surface area (Å²) in [5.41, 5.74) is 0. The first kappa shape index (κ1) is 74.2. The van der Waals surface area contributed by atoms with Crippen molar-refractivity contribution in [1.29, 1.82) is 0 Å². The topological polar surface area (TPSA) is 175 Å². The smallest absolute Gasteiger partial charge is 0.306 e. The minimum atomic E-state index is -1.61. The van der Waals surface area contributed by atoms with Crippen molar-refractivity contribution >= 4 is 11.9 Å². The van der Waals surface area contributed by atoms with E-state index in [9.17, 15) is 35.1 Å². The molecule has 460 valence electrons. The van der Waals surface area contributed by atoms with Crippen molar-refractivity contribution in [2.75, 3.05) is 13.2 Å². The molecular weight excluding hydrogens is 979 g/mol. The Morgan fingerprint density at radius 1 is 0.487 bits per heavy atom. The largest absolute Gasteiger partial charge is 0.454 e. The van der Waals surface area contributed by atoms with Crippen LogP contribution in [0.1, 0.15) is 329 Å². The zero-order chi connectivity index (χ0) is 56.8. The Morgan fingerprint density at radius 2 is 0.846 bits per heavy atom. The van der Waals surface area contributed by atoms with Crippen LogP contribution in [-0.2, 0) is 23.8 Å². The Balaban J connectivity index is 2.60. The summed E-state index contributed by atoms with van der Waals surface area (Å²) >= 11 is 0. The Morgan fingerprint density at radius 3 is 1.26 bits per heavy atom. The molecule has 8 atom stereocenters. The second-order valence-electron chi connectivity index (χ2n) is 23.6. The van der Waals surface area contributed by atoms with Crippen LogP contribution in [0.15, 0.2) is 24.3 Å². The van der Waals surface area contributed by atoms with Crippen LogP contribution in [0.2, 0.25) is 0 Å². The molecule has 1 amide bonds. The molecular formula is C67H127NO10. The van der Waals surface area contributed by atoms with Crippen LogP contribution >= 0.6 is 0 Å². The molecule has 0 aromatic rings. The molecule has 0 aromatic carbocycles. The van der Waals surface area contributed by atoms with Gasteiger partial charge in [0.2, 0.25) is 5.91 Å². The molecule has 1 fully saturated rings. The molecule has 0 spiro atoms. The first-order valence-electron chi connectivity index (χ1n) is 33.6. The van der Waals surface area contributed by atoms with E-state index in [2.05, 4.69) is 38.2 Å². The van der Waals surface area contributed by atoms with Gasteiger partial charge < -0.3 is 45.1 Å². The quantitative estimate of drug-likeness (QED) is 0.0195. The minimum absolute atomic E-state index is 0.122. The van der Waals surface area contributed by atoms with E-state index in [1.807, 2.05) is 6.08 Å². The highest BCUT2D eigenvalue weighted by atomic mass is 16.7. The number of carbonyl (C=O) groups excluding carboxylic acids is 2. The molecule has 11 heteroatoms. The third kappa shape index (κ3) is 42.9. The molecule has 11 nitrogen and oxygen atoms in total. The molecule has 0 radical (unpaired) electrons. The van der Waals surface area contributed by atoms with E-state index in [-0.39, 0.29) is 13.0 Å². The summed E-state index contributed by atoms with van der Waals surface area (Å²) in [6.07, 6.45) is 55.1. The molecule has 0 bridgehead atoms. The minimum Gasteiger partial charge on any atom is -0.454 e. The summed E-state index contributed by atoms with van der Waals surface area (Å²) in [6.45, 7) is 5.82. The fraction of sp³-hybridized carbons (Fsp3) is 0.910. The van der Waals surface area contributed by atoms with Crippen LogP contribution in [0.4, 0.5) is 0 Å². The van der Waals surface area contributed by atoms with E-state index < -0.39 is 67.4 Å². The predicted octanol–water partition coefficient (Wildman–Crippen LogP) is 16.5. The van der Waals surface area contributed by atoms with E-state index in [0.717, 1.165) is 70.6 Å². The number of aliphatic hydroxyl groups is 5. The number of rotatable bonds is 58. The second kappa shape index (κ2) is 55.7. The Kier molecular flexibility index (Phi) is 52.9. The summed E-state index contributed by atoms with van der Waals surface area (Å²) < 4.78 is 17.6. The van der Waals surface area contributed by atoms with Gasteiger partial charge in [0.15, 0.2) is 12.4 Å². The van der Waals surface area contributed by atoms with Gasteiger partial charge in [-0.15, -0.1) is 0 Å². The van der Waals surface area contributed by atoms with E-state index >= 15 is 0 Å². The second-order valence-corrected chi connectivity index (χ2v) is 23.6. The SMILES string of the molecule is CCCCCC/C=C\CCCCCCCCCC(=O)OC1C(OCC(NC(=O)C(O)CCCCCCCCCCCCCCCCCCCCCCCC)C(O)/C=C/CCCCCCCCCCCC)OC(CO)C(O)C1O. The van der Waals surface area contributed by atoms with Crippen molar-refractivity contribution in [1.82, 2.24) is 5.32 Å². The third-order valence-corrected chi connectivity index (χ3v) is 16.1. The summed E-state index contributed by atoms with van der Waals surface area (Å²) in [5, 5.41) is 57.1. The molecule has 1 heterocycles. The average Bonchev–Trinajstić information content (AvgIpc) is 3.45. The molecule has 8 unspecified atom stereocenters. The highest BCUT2D eigenvalue weighted by Crippen LogP contribution is 2.26. The number of aliphatic hydroxyl groups excluding tert-OH is 5. The maximum absolute atomic E-state index is 13.5. The van der Waals surface area contributed by atoms with Gasteiger partial charge in [0.1, 0.15) is 24.4 Å². The number of nitrogens with one attached hydrogen (secondary N) is 1. The van der Waals surface area contributed by atoms with Crippen molar-refractivity contribution in [3.63, 3.8) is 0 Å². The number of hydrogen-bond donors (Lipinski definition) is 6. The van der Waals surface area contributed by atoms with Gasteiger partial charge in [-0.3, -0.25) is 9.59 Å². The number of allylic oxidation sites excluding steroid dienone is 3. The lowest BCUT2D eigenvalue weighted by Crippen LogP contribution is -2.61. The molecule has 0 aliphatic carbocycles. The van der Waals surface area contributed by atoms with Crippen molar-refractivity contribution in [2.24, 2.45) is 0 Å². The molecule has 6 N–H and O–H groups in total. The molecule has 78 heavy (non-hydrogen) atoms. The maximum atomic E-state index is 13.5. The van der Waals surface area contributed by atoms with Crippen LogP contribution in [0.3, 0.4) is 0 Å². The fourth-order valence-corrected chi connectivity index (χ4v) is 10.8. The van der Waals surface area contributed by atoms with Gasteiger partial charge in [-0.2, -0.15) is 0 Å². The highest BCUT2D eigenvalue weighted by molar-refractivity contribution is 5.80. The lowest BCUT2D eigenvalue weighted by atomic mass is 9.99. The Bertz CT molecular complexity index is 1360. The van der Waals surface area contributed by atoms with Crippen LogP contribution < -0.4 is 5.32 Å². The van der Waals surface area contributed by atoms with E-state index in [1.165, 1.54) is 212 Å². The van der Waals surface area contributed by atoms with Crippen molar-refractivity contribution in [2.45, 2.75) is 378 Å². The molecule has 0 saturated carbocycles. The van der Waals surface area contributed by atoms with Gasteiger partial charge in [-0.05, 0) is 51.4 Å². The Hall–Kier alpha value is -1.86. The zero-order valence-corrected chi connectivity index (χ0v) is 51.1. The third-order valence-electron chi connectivity index (χ3n) is 16.1. The monoisotopic (exact) mass is 1110 g/mol. The van der Waals surface area contributed by atoms with Crippen molar-refractivity contribution in [3.8, 4) is 0 Å². The van der Waals surface area contributed by atoms with Gasteiger partial charge >= 0.3 is 5.97 Å². The van der Waals surface area contributed by atoms with Crippen molar-refractivity contribution in [3.05, 3.63) is 24.3 Å². The first-order valence-corrected chi connectivity index (χ1v) is 33.6. The lowest BCUT2D eigenvalue weighted by Gasteiger charge is -2.41. The molecule has 1 aliphatic rings. The number of esters is 1. The van der Waals surface area contributed by atoms with E-state index in [0.29, 0.717) is 19.3 Å². The van der Waals surface area contributed by atoms with E-state index in [4.69, 9.17) is 14.2 Å². The number of hydrogen-bond acceptors (Lipinski definition) is 10. The van der Waals surface area contributed by atoms with Crippen molar-refractivity contribution < 1.29 is 49.3 Å². The summed E-state index contributed by atoms with van der Waals surface area (Å²) in [5.74, 6) is -1.18. The van der Waals surface area contributed by atoms with E-state index in [1.54, 1.807) is 6.08 Å². The summed E-state index contributed by atoms with van der Waals surface area (Å²) in [7, 11) is 0. The molecule has 1 rings (SSSR count). The van der Waals surface area contributed by atoms with Gasteiger partial charge in [0.25, 0.3) is 0 Å². The summed E-state index contributed by atoms with van der Waals surface area (Å²) in [4.78, 5) is 26.6.